The average molecular weight is 472 g/mol. The Labute approximate surface area is 188 Å². The number of aromatic nitrogens is 6. The van der Waals surface area contributed by atoms with Crippen molar-refractivity contribution in [1.29, 1.82) is 0 Å². The molecule has 5 aromatic rings. The van der Waals surface area contributed by atoms with Crippen molar-refractivity contribution in [3.8, 4) is 11.6 Å². The molecule has 174 valence electrons. The maximum Gasteiger partial charge on any atom is 0.416 e. The van der Waals surface area contributed by atoms with Crippen LogP contribution in [0.4, 0.5) is 24.8 Å². The van der Waals surface area contributed by atoms with Gasteiger partial charge in [0.2, 0.25) is 5.76 Å². The summed E-state index contributed by atoms with van der Waals surface area (Å²) in [7, 11) is 0. The number of anilines is 2. The summed E-state index contributed by atoms with van der Waals surface area (Å²) in [6, 6.07) is 7.92. The minimum absolute atomic E-state index is 0.110. The van der Waals surface area contributed by atoms with Gasteiger partial charge in [-0.3, -0.25) is 5.32 Å². The van der Waals surface area contributed by atoms with Crippen molar-refractivity contribution in [2.75, 3.05) is 5.32 Å². The van der Waals surface area contributed by atoms with Crippen LogP contribution in [0.1, 0.15) is 23.2 Å². The zero-order valence-electron chi connectivity index (χ0n) is 17.0. The Kier molecular flexibility index (Phi) is 5.43. The number of nitrogens with one attached hydrogen (secondary N) is 3. The number of benzene rings is 1. The van der Waals surface area contributed by atoms with Crippen LogP contribution < -0.4 is 10.6 Å². The number of hydrogen-bond acceptors (Lipinski definition) is 10. The smallest absolute Gasteiger partial charge is 0.373 e. The second-order valence-electron chi connectivity index (χ2n) is 7.12. The van der Waals surface area contributed by atoms with Crippen molar-refractivity contribution in [2.45, 2.75) is 18.9 Å². The SMILES string of the molecule is OC(NCc1cc(-c2nc3ccc(C(F)(F)F)cc3[nH]2)on1)c1cc(Nc2ccon2)ncn1. The molecule has 1 atom stereocenters. The molecule has 5 rings (SSSR count). The Hall–Kier alpha value is -4.30. The predicted molar refractivity (Wildman–Crippen MR) is 110 cm³/mol. The van der Waals surface area contributed by atoms with Crippen molar-refractivity contribution in [3.63, 3.8) is 0 Å². The molecule has 0 bridgehead atoms. The van der Waals surface area contributed by atoms with Crippen LogP contribution in [0.2, 0.25) is 0 Å². The van der Waals surface area contributed by atoms with E-state index in [1.54, 1.807) is 12.1 Å². The van der Waals surface area contributed by atoms with Gasteiger partial charge in [-0.05, 0) is 18.2 Å². The van der Waals surface area contributed by atoms with E-state index in [1.165, 1.54) is 24.7 Å². The second-order valence-corrected chi connectivity index (χ2v) is 7.12. The number of aliphatic hydroxyl groups is 1. The highest BCUT2D eigenvalue weighted by molar-refractivity contribution is 5.79. The zero-order valence-corrected chi connectivity index (χ0v) is 17.0. The lowest BCUT2D eigenvalue weighted by atomic mass is 10.2. The Morgan fingerprint density at radius 2 is 1.94 bits per heavy atom. The van der Waals surface area contributed by atoms with E-state index < -0.39 is 18.0 Å². The van der Waals surface area contributed by atoms with Gasteiger partial charge in [-0.1, -0.05) is 10.3 Å². The molecule has 4 aromatic heterocycles. The first-order chi connectivity index (χ1) is 16.3. The molecule has 0 saturated carbocycles. The molecule has 0 spiro atoms. The van der Waals surface area contributed by atoms with E-state index in [4.69, 9.17) is 9.05 Å². The van der Waals surface area contributed by atoms with Gasteiger partial charge in [0.25, 0.3) is 0 Å². The summed E-state index contributed by atoms with van der Waals surface area (Å²) in [6.45, 7) is 0.110. The Bertz CT molecular complexity index is 1410. The van der Waals surface area contributed by atoms with E-state index in [2.05, 4.69) is 40.9 Å². The van der Waals surface area contributed by atoms with Crippen molar-refractivity contribution in [1.82, 2.24) is 35.6 Å². The fourth-order valence-electron chi connectivity index (χ4n) is 3.11. The monoisotopic (exact) mass is 472 g/mol. The standard InChI is InChI=1S/C20H15F3N8O3/c21-20(22,23)10-1-2-12-13(5-10)28-18(27-12)15-6-11(30-34-15)8-24-19(32)14-7-17(26-9-25-14)29-16-3-4-33-31-16/h1-7,9,19,24,32H,8H2,(H,27,28)(H,25,26,29,31). The van der Waals surface area contributed by atoms with E-state index in [0.717, 1.165) is 12.1 Å². The molecule has 4 heterocycles. The Morgan fingerprint density at radius 1 is 1.06 bits per heavy atom. The van der Waals surface area contributed by atoms with Gasteiger partial charge >= 0.3 is 6.18 Å². The van der Waals surface area contributed by atoms with Crippen LogP contribution in [0, 0.1) is 0 Å². The molecular formula is C20H15F3N8O3. The van der Waals surface area contributed by atoms with Gasteiger partial charge in [0.05, 0.1) is 28.0 Å². The van der Waals surface area contributed by atoms with Crippen LogP contribution in [0.25, 0.3) is 22.6 Å². The molecule has 0 aliphatic heterocycles. The highest BCUT2D eigenvalue weighted by Gasteiger charge is 2.30. The highest BCUT2D eigenvalue weighted by Crippen LogP contribution is 2.31. The maximum atomic E-state index is 12.9. The summed E-state index contributed by atoms with van der Waals surface area (Å²) in [5, 5.41) is 23.8. The van der Waals surface area contributed by atoms with Crippen LogP contribution in [0.15, 0.2) is 58.0 Å². The zero-order chi connectivity index (χ0) is 23.7. The van der Waals surface area contributed by atoms with Crippen molar-refractivity contribution < 1.29 is 27.3 Å². The molecule has 1 unspecified atom stereocenters. The summed E-state index contributed by atoms with van der Waals surface area (Å²) < 4.78 is 48.8. The van der Waals surface area contributed by atoms with Gasteiger partial charge in [0.15, 0.2) is 11.6 Å². The molecule has 0 aliphatic carbocycles. The number of halogens is 3. The third-order valence-electron chi connectivity index (χ3n) is 4.74. The fraction of sp³-hybridized carbons (Fsp3) is 0.150. The second kappa shape index (κ2) is 8.57. The van der Waals surface area contributed by atoms with Crippen LogP contribution >= 0.6 is 0 Å². The minimum Gasteiger partial charge on any atom is -0.373 e. The van der Waals surface area contributed by atoms with Crippen LogP contribution in [0.3, 0.4) is 0 Å². The number of aromatic amines is 1. The summed E-state index contributed by atoms with van der Waals surface area (Å²) in [5.41, 5.74) is 0.516. The number of imidazole rings is 1. The lowest BCUT2D eigenvalue weighted by Crippen LogP contribution is -2.21. The number of nitrogens with zero attached hydrogens (tertiary/aromatic N) is 5. The van der Waals surface area contributed by atoms with Crippen molar-refractivity contribution in [2.24, 2.45) is 0 Å². The lowest BCUT2D eigenvalue weighted by molar-refractivity contribution is -0.137. The molecule has 0 saturated heterocycles. The molecular weight excluding hydrogens is 457 g/mol. The topological polar surface area (TPSA) is 151 Å². The Morgan fingerprint density at radius 3 is 2.74 bits per heavy atom. The molecule has 14 heteroatoms. The number of hydrogen-bond donors (Lipinski definition) is 4. The number of H-pyrrole nitrogens is 1. The lowest BCUT2D eigenvalue weighted by Gasteiger charge is -2.11. The highest BCUT2D eigenvalue weighted by atomic mass is 19.4. The third kappa shape index (κ3) is 4.57. The van der Waals surface area contributed by atoms with Crippen molar-refractivity contribution >= 4 is 22.7 Å². The van der Waals surface area contributed by atoms with Crippen LogP contribution in [-0.2, 0) is 12.7 Å². The molecule has 0 aliphatic rings. The first kappa shape index (κ1) is 21.5. The summed E-state index contributed by atoms with van der Waals surface area (Å²) >= 11 is 0. The summed E-state index contributed by atoms with van der Waals surface area (Å²) in [4.78, 5) is 15.1. The molecule has 0 amide bonds. The van der Waals surface area contributed by atoms with Crippen molar-refractivity contribution in [3.05, 3.63) is 65.9 Å². The molecule has 1 aromatic carbocycles. The number of fused-ring (bicyclic) bond motifs is 1. The van der Waals surface area contributed by atoms with E-state index in [9.17, 15) is 18.3 Å². The first-order valence-electron chi connectivity index (χ1n) is 9.79. The fourth-order valence-corrected chi connectivity index (χ4v) is 3.11. The van der Waals surface area contributed by atoms with E-state index in [0.29, 0.717) is 28.5 Å². The Balaban J connectivity index is 1.25. The number of rotatable bonds is 7. The minimum atomic E-state index is -4.46. The average Bonchev–Trinajstić information content (AvgIpc) is 3.57. The van der Waals surface area contributed by atoms with Gasteiger partial charge < -0.3 is 24.5 Å². The predicted octanol–water partition coefficient (Wildman–Crippen LogP) is 3.54. The normalized spacial score (nSPS) is 12.8. The van der Waals surface area contributed by atoms with Gasteiger partial charge in [0, 0.05) is 24.7 Å². The van der Waals surface area contributed by atoms with Gasteiger partial charge in [-0.15, -0.1) is 0 Å². The quantitative estimate of drug-likeness (QED) is 0.259. The number of aliphatic hydroxyl groups excluding tert-OH is 1. The van der Waals surface area contributed by atoms with Crippen LogP contribution in [-0.4, -0.2) is 35.4 Å². The van der Waals surface area contributed by atoms with Gasteiger partial charge in [-0.25, -0.2) is 15.0 Å². The van der Waals surface area contributed by atoms with E-state index in [-0.39, 0.29) is 23.6 Å². The van der Waals surface area contributed by atoms with Gasteiger partial charge in [0.1, 0.15) is 24.6 Å². The van der Waals surface area contributed by atoms with Gasteiger partial charge in [-0.2, -0.15) is 13.2 Å². The molecule has 0 fully saturated rings. The van der Waals surface area contributed by atoms with E-state index in [1.807, 2.05) is 0 Å². The molecule has 4 N–H and O–H groups in total. The molecule has 0 radical (unpaired) electrons. The largest absolute Gasteiger partial charge is 0.416 e. The van der Waals surface area contributed by atoms with Crippen LogP contribution in [0.5, 0.6) is 0 Å². The maximum absolute atomic E-state index is 12.9. The first-order valence-corrected chi connectivity index (χ1v) is 9.79. The van der Waals surface area contributed by atoms with E-state index >= 15 is 0 Å². The summed E-state index contributed by atoms with van der Waals surface area (Å²) in [6.07, 6.45) is -2.92. The summed E-state index contributed by atoms with van der Waals surface area (Å²) in [5.74, 6) is 1.31. The molecule has 11 nitrogen and oxygen atoms in total. The third-order valence-corrected chi connectivity index (χ3v) is 4.74. The molecule has 34 heavy (non-hydrogen) atoms. The number of alkyl halides is 3.